The molecule has 0 spiro atoms. The molecule has 0 aromatic rings. The van der Waals surface area contributed by atoms with Crippen LogP contribution in [0, 0.1) is 0 Å². The minimum Gasteiger partial charge on any atom is -0.748 e. The van der Waals surface area contributed by atoms with Gasteiger partial charge < -0.3 is 18.9 Å². The van der Waals surface area contributed by atoms with E-state index < -0.39 is 15.9 Å². The first-order chi connectivity index (χ1) is 18.5. The number of hydrogen-bond donors (Lipinski definition) is 0. The fraction of sp³-hybridized carbons (Fsp3) is 0.733. The Labute approximate surface area is 268 Å². The second kappa shape index (κ2) is 35.9. The van der Waals surface area contributed by atoms with Gasteiger partial charge in [-0.2, -0.15) is 0 Å². The molecule has 0 saturated carbocycles. The Morgan fingerprint density at radius 3 is 1.68 bits per heavy atom. The monoisotopic (exact) mass is 597 g/mol. The van der Waals surface area contributed by atoms with E-state index in [1.807, 2.05) is 14.1 Å². The maximum Gasteiger partial charge on any atom is 1.00 e. The molecule has 8 nitrogen and oxygen atoms in total. The number of unbranched alkanes of at least 4 members (excludes halogenated alkanes) is 12. The maximum atomic E-state index is 10.6. The van der Waals surface area contributed by atoms with Crippen molar-refractivity contribution in [1.29, 1.82) is 0 Å². The number of hydrogen-bond acceptors (Lipinski definition) is 8. The Balaban J connectivity index is -0.000000297. The Bertz CT molecular complexity index is 738. The zero-order chi connectivity index (χ0) is 30.2. The second-order valence-corrected chi connectivity index (χ2v) is 10.8. The van der Waals surface area contributed by atoms with E-state index in [-0.39, 0.29) is 41.5 Å². The fourth-order valence-electron chi connectivity index (χ4n) is 3.11. The van der Waals surface area contributed by atoms with Crippen LogP contribution in [0.5, 0.6) is 0 Å². The Morgan fingerprint density at radius 1 is 0.825 bits per heavy atom. The van der Waals surface area contributed by atoms with Crippen LogP contribution in [-0.4, -0.2) is 62.9 Å². The molecule has 0 unspecified atom stereocenters. The number of carbonyl (C=O) groups is 2. The molecule has 0 saturated heterocycles. The van der Waals surface area contributed by atoms with E-state index in [4.69, 9.17) is 4.74 Å². The van der Waals surface area contributed by atoms with Crippen LogP contribution in [0.1, 0.15) is 111 Å². The summed E-state index contributed by atoms with van der Waals surface area (Å²) in [4.78, 5) is 23.0. The van der Waals surface area contributed by atoms with Crippen molar-refractivity contribution in [1.82, 2.24) is 4.90 Å². The Kier molecular flexibility index (Phi) is 41.1. The van der Waals surface area contributed by atoms with Crippen LogP contribution in [0.3, 0.4) is 0 Å². The van der Waals surface area contributed by atoms with Crippen molar-refractivity contribution in [3.05, 3.63) is 37.1 Å². The normalized spacial score (nSPS) is 10.6. The summed E-state index contributed by atoms with van der Waals surface area (Å²) in [6.45, 7) is 9.61. The van der Waals surface area contributed by atoms with E-state index >= 15 is 0 Å². The van der Waals surface area contributed by atoms with Gasteiger partial charge in [0.2, 0.25) is 0 Å². The molecular formula is C30H56NNaO7S. The smallest absolute Gasteiger partial charge is 0.748 e. The predicted molar refractivity (Wildman–Crippen MR) is 160 cm³/mol. The molecule has 40 heavy (non-hydrogen) atoms. The molecule has 0 N–H and O–H groups in total. The van der Waals surface area contributed by atoms with E-state index in [2.05, 4.69) is 30.4 Å². The average molecular weight is 598 g/mol. The zero-order valence-electron chi connectivity index (χ0n) is 26.3. The van der Waals surface area contributed by atoms with Crippen molar-refractivity contribution in [2.24, 2.45) is 0 Å². The van der Waals surface area contributed by atoms with Gasteiger partial charge in [0.25, 0.3) is 0 Å². The van der Waals surface area contributed by atoms with Crippen LogP contribution in [0.25, 0.3) is 0 Å². The van der Waals surface area contributed by atoms with Gasteiger partial charge in [0.1, 0.15) is 0 Å². The summed E-state index contributed by atoms with van der Waals surface area (Å²) in [6, 6.07) is 0. The van der Waals surface area contributed by atoms with Gasteiger partial charge in [0.05, 0.1) is 29.1 Å². The molecule has 0 rings (SSSR count). The topological polar surface area (TPSA) is 113 Å². The second-order valence-electron chi connectivity index (χ2n) is 9.32. The number of rotatable bonds is 21. The van der Waals surface area contributed by atoms with E-state index in [0.717, 1.165) is 12.5 Å². The molecule has 0 aromatic carbocycles. The molecule has 0 aliphatic heterocycles. The van der Waals surface area contributed by atoms with Crippen LogP contribution < -0.4 is 29.6 Å². The third-order valence-electron chi connectivity index (χ3n) is 5.08. The van der Waals surface area contributed by atoms with Gasteiger partial charge in [-0.1, -0.05) is 82.9 Å². The zero-order valence-corrected chi connectivity index (χ0v) is 29.1. The molecule has 0 radical (unpaired) electrons. The minimum absolute atomic E-state index is 0. The molecule has 0 aliphatic rings. The number of nitrogens with zero attached hydrogens (tertiary/aromatic N) is 1. The fourth-order valence-corrected chi connectivity index (χ4v) is 3.40. The standard InChI is InChI=1S/C20H38O2.C7H13NO2.C3H6O3S.Na/c1-3-4-5-6-7-8-9-10-11-12-13-14-15-16-17-18-19-22-20(2)21;1-4-10-7(9)5-6-8(2)3;1-2-3-7(4,5)6;/h10-11H,3-9,12-19H2,1-2H3;5-6H,4H2,1-3H3;2H,1,3H2,(H,4,5,6);/q;;;+1/p-1/b11-10-;;;. The van der Waals surface area contributed by atoms with E-state index in [1.54, 1.807) is 18.0 Å². The van der Waals surface area contributed by atoms with Crippen LogP contribution in [-0.2, 0) is 29.2 Å². The molecule has 0 fully saturated rings. The molecular weight excluding hydrogens is 541 g/mol. The first-order valence-electron chi connectivity index (χ1n) is 14.3. The van der Waals surface area contributed by atoms with Gasteiger partial charge in [0, 0.05) is 33.3 Å². The number of allylic oxidation sites excluding steroid dienone is 2. The summed E-state index contributed by atoms with van der Waals surface area (Å²) in [5, 5.41) is 0. The third-order valence-corrected chi connectivity index (χ3v) is 5.72. The molecule has 0 aliphatic carbocycles. The quantitative estimate of drug-likeness (QED) is 0.0489. The molecule has 0 heterocycles. The van der Waals surface area contributed by atoms with Crippen molar-refractivity contribution in [3.8, 4) is 0 Å². The van der Waals surface area contributed by atoms with Crippen molar-refractivity contribution < 1.29 is 61.6 Å². The number of ether oxygens (including phenoxy) is 2. The SMILES string of the molecule is C=CCS(=O)(=O)[O-].CCCCCCCC/C=C\CCCCCCCCOC(C)=O.CCOC(=O)C=CN(C)C.[Na+]. The summed E-state index contributed by atoms with van der Waals surface area (Å²) in [5.41, 5.74) is 0. The third kappa shape index (κ3) is 53.2. The van der Waals surface area contributed by atoms with Gasteiger partial charge in [-0.3, -0.25) is 4.79 Å². The molecule has 10 heteroatoms. The average Bonchev–Trinajstić information content (AvgIpc) is 2.85. The summed E-state index contributed by atoms with van der Waals surface area (Å²) in [6.07, 6.45) is 27.1. The number of carbonyl (C=O) groups excluding carboxylic acids is 2. The number of esters is 2. The van der Waals surface area contributed by atoms with E-state index in [1.165, 1.54) is 96.5 Å². The first-order valence-corrected chi connectivity index (χ1v) is 15.9. The molecule has 0 bridgehead atoms. The predicted octanol–water partition coefficient (Wildman–Crippen LogP) is 3.93. The van der Waals surface area contributed by atoms with Crippen LogP contribution in [0.15, 0.2) is 37.1 Å². The van der Waals surface area contributed by atoms with E-state index in [0.29, 0.717) is 13.2 Å². The van der Waals surface area contributed by atoms with Crippen molar-refractivity contribution in [3.63, 3.8) is 0 Å². The van der Waals surface area contributed by atoms with E-state index in [9.17, 15) is 22.6 Å². The first kappa shape index (κ1) is 45.8. The summed E-state index contributed by atoms with van der Waals surface area (Å²) < 4.78 is 38.4. The van der Waals surface area contributed by atoms with Crippen molar-refractivity contribution in [2.45, 2.75) is 111 Å². The molecule has 0 amide bonds. The maximum absolute atomic E-state index is 10.6. The van der Waals surface area contributed by atoms with Gasteiger partial charge in [0.15, 0.2) is 0 Å². The van der Waals surface area contributed by atoms with Gasteiger partial charge in [-0.05, 0) is 39.0 Å². The Hall–Kier alpha value is -1.13. The molecule has 0 atom stereocenters. The molecule has 0 aromatic heterocycles. The van der Waals surface area contributed by atoms with Crippen LogP contribution >= 0.6 is 0 Å². The molecule has 230 valence electrons. The van der Waals surface area contributed by atoms with Gasteiger partial charge in [-0.25, -0.2) is 13.2 Å². The van der Waals surface area contributed by atoms with Crippen molar-refractivity contribution >= 4 is 22.1 Å². The van der Waals surface area contributed by atoms with Crippen LogP contribution in [0.4, 0.5) is 0 Å². The largest absolute Gasteiger partial charge is 1.00 e. The minimum atomic E-state index is -4.04. The Morgan fingerprint density at radius 2 is 1.30 bits per heavy atom. The van der Waals surface area contributed by atoms with Crippen molar-refractivity contribution in [2.75, 3.05) is 33.1 Å². The summed E-state index contributed by atoms with van der Waals surface area (Å²) in [5.74, 6) is -0.934. The van der Waals surface area contributed by atoms with Crippen LogP contribution in [0.2, 0.25) is 0 Å². The summed E-state index contributed by atoms with van der Waals surface area (Å²) in [7, 11) is -0.356. The van der Waals surface area contributed by atoms with Gasteiger partial charge in [-0.15, -0.1) is 6.58 Å². The van der Waals surface area contributed by atoms with Gasteiger partial charge >= 0.3 is 41.5 Å². The summed E-state index contributed by atoms with van der Waals surface area (Å²) >= 11 is 0.